The van der Waals surface area contributed by atoms with Gasteiger partial charge in [-0.2, -0.15) is 0 Å². The average molecular weight is 318 g/mol. The van der Waals surface area contributed by atoms with Crippen molar-refractivity contribution in [3.8, 4) is 0 Å². The van der Waals surface area contributed by atoms with Crippen molar-refractivity contribution in [1.29, 1.82) is 0 Å². The van der Waals surface area contributed by atoms with Crippen molar-refractivity contribution in [2.24, 2.45) is 0 Å². The topological polar surface area (TPSA) is 0 Å². The predicted molar refractivity (Wildman–Crippen MR) is 57.8 cm³/mol. The molecule has 0 saturated carbocycles. The first-order chi connectivity index (χ1) is 7.24. The molecule has 0 atom stereocenters. The fraction of sp³-hybridized carbons (Fsp3) is 0. The molecule has 0 fully saturated rings. The van der Waals surface area contributed by atoms with Crippen LogP contribution in [-0.4, -0.2) is 20.9 Å². The van der Waals surface area contributed by atoms with Gasteiger partial charge in [-0.1, -0.05) is 0 Å². The molecular weight excluding hydrogens is 310 g/mol. The molecule has 0 spiro atoms. The molecule has 2 aromatic rings. The number of halogens is 2. The number of rotatable bonds is 2. The maximum absolute atomic E-state index is 12.6. The van der Waals surface area contributed by atoms with Gasteiger partial charge in [0.05, 0.1) is 0 Å². The van der Waals surface area contributed by atoms with E-state index >= 15 is 0 Å². The van der Waals surface area contributed by atoms with Gasteiger partial charge >= 0.3 is 97.1 Å². The van der Waals surface area contributed by atoms with Gasteiger partial charge in [-0.15, -0.1) is 0 Å². The average Bonchev–Trinajstić information content (AvgIpc) is 2.25. The van der Waals surface area contributed by atoms with Crippen LogP contribution in [-0.2, 0) is 0 Å². The SMILES string of the molecule is Fc1ccc([Te]c2ccc(F)cc2)cc1. The third-order valence-corrected chi connectivity index (χ3v) is 4.76. The molecular formula is C12H8F2Te. The summed E-state index contributed by atoms with van der Waals surface area (Å²) in [6.07, 6.45) is 0. The minimum atomic E-state index is -0.517. The minimum absolute atomic E-state index is 0.217. The molecule has 0 radical (unpaired) electrons. The molecule has 0 heterocycles. The van der Waals surface area contributed by atoms with Gasteiger partial charge in [-0.05, 0) is 0 Å². The normalized spacial score (nSPS) is 10.3. The molecule has 0 amide bonds. The summed E-state index contributed by atoms with van der Waals surface area (Å²) in [4.78, 5) is 0. The van der Waals surface area contributed by atoms with Crippen LogP contribution in [0.3, 0.4) is 0 Å². The van der Waals surface area contributed by atoms with Crippen molar-refractivity contribution < 1.29 is 8.78 Å². The summed E-state index contributed by atoms with van der Waals surface area (Å²) in [7, 11) is 0. The molecule has 2 aromatic carbocycles. The molecule has 0 aliphatic carbocycles. The van der Waals surface area contributed by atoms with Gasteiger partial charge in [0.25, 0.3) is 0 Å². The first kappa shape index (κ1) is 10.6. The van der Waals surface area contributed by atoms with Gasteiger partial charge in [0.1, 0.15) is 0 Å². The van der Waals surface area contributed by atoms with Gasteiger partial charge in [0.2, 0.25) is 0 Å². The Bertz CT molecular complexity index is 391. The first-order valence-corrected chi connectivity index (χ1v) is 6.76. The van der Waals surface area contributed by atoms with Gasteiger partial charge in [-0.3, -0.25) is 0 Å². The van der Waals surface area contributed by atoms with E-state index in [4.69, 9.17) is 0 Å². The van der Waals surface area contributed by atoms with Crippen LogP contribution in [0.1, 0.15) is 0 Å². The quantitative estimate of drug-likeness (QED) is 0.739. The van der Waals surface area contributed by atoms with Crippen LogP contribution in [0.15, 0.2) is 48.5 Å². The van der Waals surface area contributed by atoms with Crippen LogP contribution in [0.2, 0.25) is 0 Å². The molecule has 0 aromatic heterocycles. The van der Waals surface area contributed by atoms with Crippen molar-refractivity contribution in [2.45, 2.75) is 0 Å². The van der Waals surface area contributed by atoms with Crippen LogP contribution in [0.5, 0.6) is 0 Å². The molecule has 76 valence electrons. The second-order valence-corrected chi connectivity index (χ2v) is 6.28. The van der Waals surface area contributed by atoms with Crippen molar-refractivity contribution in [3.05, 3.63) is 60.2 Å². The zero-order valence-electron chi connectivity index (χ0n) is 7.78. The van der Waals surface area contributed by atoms with Crippen molar-refractivity contribution in [2.75, 3.05) is 0 Å². The van der Waals surface area contributed by atoms with Crippen molar-refractivity contribution in [1.82, 2.24) is 0 Å². The summed E-state index contributed by atoms with van der Waals surface area (Å²) >= 11 is -0.517. The molecule has 0 unspecified atom stereocenters. The molecule has 2 rings (SSSR count). The summed E-state index contributed by atoms with van der Waals surface area (Å²) in [5.41, 5.74) is 0. The second-order valence-electron chi connectivity index (χ2n) is 3.01. The van der Waals surface area contributed by atoms with Crippen LogP contribution >= 0.6 is 0 Å². The van der Waals surface area contributed by atoms with E-state index in [-0.39, 0.29) is 11.6 Å². The molecule has 0 aliphatic rings. The Hall–Kier alpha value is -0.910. The Morgan fingerprint density at radius 2 is 0.933 bits per heavy atom. The van der Waals surface area contributed by atoms with E-state index in [9.17, 15) is 8.78 Å². The third-order valence-electron chi connectivity index (χ3n) is 1.86. The van der Waals surface area contributed by atoms with E-state index in [0.717, 1.165) is 7.22 Å². The predicted octanol–water partition coefficient (Wildman–Crippen LogP) is 1.62. The zero-order valence-corrected chi connectivity index (χ0v) is 10.1. The van der Waals surface area contributed by atoms with Gasteiger partial charge < -0.3 is 0 Å². The molecule has 3 heteroatoms. The van der Waals surface area contributed by atoms with Crippen LogP contribution in [0.25, 0.3) is 0 Å². The summed E-state index contributed by atoms with van der Waals surface area (Å²) in [5, 5.41) is 0. The third kappa shape index (κ3) is 3.02. The van der Waals surface area contributed by atoms with Gasteiger partial charge in [0, 0.05) is 0 Å². The Morgan fingerprint density at radius 1 is 0.600 bits per heavy atom. The summed E-state index contributed by atoms with van der Waals surface area (Å²) in [6, 6.07) is 13.0. The molecule has 0 nitrogen and oxygen atoms in total. The van der Waals surface area contributed by atoms with E-state index in [2.05, 4.69) is 0 Å². The molecule has 0 aliphatic heterocycles. The second kappa shape index (κ2) is 4.74. The van der Waals surface area contributed by atoms with Gasteiger partial charge in [0.15, 0.2) is 0 Å². The Labute approximate surface area is 97.0 Å². The standard InChI is InChI=1S/C12H8F2Te/c13-9-1-5-11(6-2-9)15-12-7-3-10(14)4-8-12/h1-8H. The molecule has 15 heavy (non-hydrogen) atoms. The monoisotopic (exact) mass is 320 g/mol. The number of hydrogen-bond donors (Lipinski definition) is 0. The van der Waals surface area contributed by atoms with E-state index in [1.165, 1.54) is 24.3 Å². The van der Waals surface area contributed by atoms with E-state index in [1.54, 1.807) is 24.3 Å². The first-order valence-electron chi connectivity index (χ1n) is 4.43. The van der Waals surface area contributed by atoms with Crippen LogP contribution in [0.4, 0.5) is 8.78 Å². The maximum atomic E-state index is 12.6. The van der Waals surface area contributed by atoms with Gasteiger partial charge in [-0.25, -0.2) is 0 Å². The molecule has 0 bridgehead atoms. The van der Waals surface area contributed by atoms with E-state index in [1.807, 2.05) is 0 Å². The summed E-state index contributed by atoms with van der Waals surface area (Å²) in [6.45, 7) is 0. The Balaban J connectivity index is 2.15. The molecule has 0 saturated heterocycles. The summed E-state index contributed by atoms with van der Waals surface area (Å²) in [5.74, 6) is -0.435. The zero-order chi connectivity index (χ0) is 10.7. The fourth-order valence-electron chi connectivity index (χ4n) is 1.14. The molecule has 0 N–H and O–H groups in total. The van der Waals surface area contributed by atoms with E-state index < -0.39 is 20.9 Å². The summed E-state index contributed by atoms with van der Waals surface area (Å²) < 4.78 is 27.6. The van der Waals surface area contributed by atoms with Crippen LogP contribution in [0, 0.1) is 11.6 Å². The van der Waals surface area contributed by atoms with Crippen molar-refractivity contribution >= 4 is 28.1 Å². The van der Waals surface area contributed by atoms with E-state index in [0.29, 0.717) is 0 Å². The Morgan fingerprint density at radius 3 is 1.27 bits per heavy atom. The number of hydrogen-bond acceptors (Lipinski definition) is 0. The van der Waals surface area contributed by atoms with Crippen LogP contribution < -0.4 is 7.22 Å². The van der Waals surface area contributed by atoms with Crippen molar-refractivity contribution in [3.63, 3.8) is 0 Å². The number of benzene rings is 2. The Kier molecular flexibility index (Phi) is 3.35. The fourth-order valence-corrected chi connectivity index (χ4v) is 3.47.